The number of hydrogen-bond acceptors (Lipinski definition) is 3. The van der Waals surface area contributed by atoms with Crippen LogP contribution in [-0.2, 0) is 0 Å². The van der Waals surface area contributed by atoms with Crippen LogP contribution in [0.3, 0.4) is 0 Å². The van der Waals surface area contributed by atoms with Gasteiger partial charge in [0, 0.05) is 33.5 Å². The molecule has 0 N–H and O–H groups in total. The first-order valence-corrected chi connectivity index (χ1v) is 8.18. The van der Waals surface area contributed by atoms with Crippen LogP contribution in [0, 0.1) is 0 Å². The molecule has 0 atom stereocenters. The Hall–Kier alpha value is -2.20. The number of halogens is 1. The molecule has 0 amide bonds. The summed E-state index contributed by atoms with van der Waals surface area (Å²) in [5.41, 5.74) is 3.12. The zero-order chi connectivity index (χ0) is 15.1. The molecule has 4 rings (SSSR count). The molecule has 2 aromatic carbocycles. The first-order chi connectivity index (χ1) is 10.8. The van der Waals surface area contributed by atoms with Gasteiger partial charge in [0.05, 0.1) is 12.3 Å². The van der Waals surface area contributed by atoms with E-state index < -0.39 is 0 Å². The summed E-state index contributed by atoms with van der Waals surface area (Å²) in [5.74, 6) is 0.646. The Morgan fingerprint density at radius 3 is 2.59 bits per heavy atom. The van der Waals surface area contributed by atoms with Crippen LogP contribution in [0.25, 0.3) is 22.0 Å². The number of hydrogen-bond donors (Lipinski definition) is 0. The molecule has 108 valence electrons. The highest BCUT2D eigenvalue weighted by Gasteiger charge is 2.26. The van der Waals surface area contributed by atoms with Crippen LogP contribution >= 0.6 is 15.9 Å². The monoisotopic (exact) mass is 353 g/mol. The smallest absolute Gasteiger partial charge is 0.214 e. The fourth-order valence-corrected chi connectivity index (χ4v) is 3.08. The maximum atomic E-state index is 12.7. The first-order valence-electron chi connectivity index (χ1n) is 7.06. The topological polar surface area (TPSA) is 39.2 Å². The summed E-state index contributed by atoms with van der Waals surface area (Å²) in [7, 11) is 0. The second-order valence-corrected chi connectivity index (χ2v) is 5.92. The van der Waals surface area contributed by atoms with Gasteiger partial charge < -0.3 is 4.74 Å². The summed E-state index contributed by atoms with van der Waals surface area (Å²) in [6.07, 6.45) is 0. The number of fused-ring (bicyclic) bond motifs is 2. The predicted octanol–water partition coefficient (Wildman–Crippen LogP) is 4.22. The summed E-state index contributed by atoms with van der Waals surface area (Å²) in [4.78, 5) is 17.3. The number of nitrogens with zero attached hydrogens (tertiary/aromatic N) is 1. The van der Waals surface area contributed by atoms with Gasteiger partial charge in [0.2, 0.25) is 5.88 Å². The summed E-state index contributed by atoms with van der Waals surface area (Å²) >= 11 is 3.35. The number of carbonyl (C=O) groups excluding carboxylic acids is 1. The zero-order valence-corrected chi connectivity index (χ0v) is 13.3. The molecule has 1 aromatic heterocycles. The van der Waals surface area contributed by atoms with Gasteiger partial charge in [-0.1, -0.05) is 58.4 Å². The van der Waals surface area contributed by atoms with E-state index in [9.17, 15) is 4.79 Å². The highest BCUT2D eigenvalue weighted by atomic mass is 79.9. The number of aromatic nitrogens is 1. The Bertz CT molecular complexity index is 905. The molecule has 0 radical (unpaired) electrons. The van der Waals surface area contributed by atoms with Crippen molar-refractivity contribution < 1.29 is 9.53 Å². The molecule has 1 heterocycles. The second kappa shape index (κ2) is 5.21. The van der Waals surface area contributed by atoms with Crippen LogP contribution in [-0.4, -0.2) is 22.7 Å². The molecule has 0 saturated heterocycles. The maximum absolute atomic E-state index is 12.7. The number of ketones is 1. The Morgan fingerprint density at radius 1 is 1.00 bits per heavy atom. The number of benzene rings is 2. The largest absolute Gasteiger partial charge is 0.477 e. The van der Waals surface area contributed by atoms with E-state index in [4.69, 9.17) is 4.74 Å². The predicted molar refractivity (Wildman–Crippen MR) is 89.9 cm³/mol. The van der Waals surface area contributed by atoms with Crippen molar-refractivity contribution in [3.05, 3.63) is 59.7 Å². The lowest BCUT2D eigenvalue weighted by Gasteiger charge is -2.19. The van der Waals surface area contributed by atoms with Crippen molar-refractivity contribution in [2.45, 2.75) is 0 Å². The maximum Gasteiger partial charge on any atom is 0.214 e. The average molecular weight is 354 g/mol. The van der Waals surface area contributed by atoms with E-state index in [1.54, 1.807) is 0 Å². The van der Waals surface area contributed by atoms with E-state index in [1.165, 1.54) is 0 Å². The van der Waals surface area contributed by atoms with Crippen molar-refractivity contribution >= 4 is 32.5 Å². The van der Waals surface area contributed by atoms with Crippen molar-refractivity contribution in [1.29, 1.82) is 0 Å². The van der Waals surface area contributed by atoms with E-state index in [1.807, 2.05) is 48.5 Å². The molecule has 1 aliphatic rings. The fourth-order valence-electron chi connectivity index (χ4n) is 2.92. The van der Waals surface area contributed by atoms with Gasteiger partial charge in [-0.2, -0.15) is 0 Å². The Kier molecular flexibility index (Phi) is 3.19. The highest BCUT2D eigenvalue weighted by molar-refractivity contribution is 9.09. The second-order valence-electron chi connectivity index (χ2n) is 5.12. The minimum atomic E-state index is 0.0598. The first kappa shape index (κ1) is 13.5. The standard InChI is InChI=1S/C18H12BrNO2/c19-8-9-22-15-10-11-4-3-7-14-16(11)17(20-15)12-5-1-2-6-13(12)18(14)21/h1-7,10H,8-9H2. The third-order valence-corrected chi connectivity index (χ3v) is 4.16. The third-order valence-electron chi connectivity index (χ3n) is 3.83. The Morgan fingerprint density at radius 2 is 1.77 bits per heavy atom. The number of pyridine rings is 1. The molecular formula is C18H12BrNO2. The molecule has 22 heavy (non-hydrogen) atoms. The van der Waals surface area contributed by atoms with Crippen LogP contribution in [0.4, 0.5) is 0 Å². The number of rotatable bonds is 3. The SMILES string of the molecule is O=C1c2ccccc2-c2nc(OCCBr)cc3cccc1c23. The van der Waals surface area contributed by atoms with E-state index in [0.717, 1.165) is 27.4 Å². The molecule has 3 nitrogen and oxygen atoms in total. The molecule has 4 heteroatoms. The molecule has 0 saturated carbocycles. The van der Waals surface area contributed by atoms with E-state index in [-0.39, 0.29) is 5.78 Å². The van der Waals surface area contributed by atoms with Crippen LogP contribution in [0.2, 0.25) is 0 Å². The van der Waals surface area contributed by atoms with Crippen LogP contribution in [0.15, 0.2) is 48.5 Å². The summed E-state index contributed by atoms with van der Waals surface area (Å²) < 4.78 is 5.67. The van der Waals surface area contributed by atoms with Gasteiger partial charge in [-0.15, -0.1) is 0 Å². The van der Waals surface area contributed by atoms with Crippen molar-refractivity contribution in [3.8, 4) is 17.1 Å². The molecule has 1 aliphatic carbocycles. The molecule has 0 spiro atoms. The van der Waals surface area contributed by atoms with Crippen LogP contribution in [0.5, 0.6) is 5.88 Å². The van der Waals surface area contributed by atoms with Gasteiger partial charge in [-0.3, -0.25) is 4.79 Å². The average Bonchev–Trinajstić information content (AvgIpc) is 2.57. The van der Waals surface area contributed by atoms with Crippen LogP contribution < -0.4 is 4.74 Å². The van der Waals surface area contributed by atoms with Crippen molar-refractivity contribution in [1.82, 2.24) is 4.98 Å². The van der Waals surface area contributed by atoms with Gasteiger partial charge in [0.15, 0.2) is 5.78 Å². The van der Waals surface area contributed by atoms with Gasteiger partial charge in [-0.25, -0.2) is 4.98 Å². The number of ether oxygens (including phenoxy) is 1. The van der Waals surface area contributed by atoms with Crippen molar-refractivity contribution in [2.75, 3.05) is 11.9 Å². The normalized spacial score (nSPS) is 12.3. The van der Waals surface area contributed by atoms with Crippen molar-refractivity contribution in [2.24, 2.45) is 0 Å². The summed E-state index contributed by atoms with van der Waals surface area (Å²) in [5, 5.41) is 2.64. The third kappa shape index (κ3) is 1.95. The summed E-state index contributed by atoms with van der Waals surface area (Å²) in [6, 6.07) is 15.3. The van der Waals surface area contributed by atoms with Gasteiger partial charge in [0.25, 0.3) is 0 Å². The molecular weight excluding hydrogens is 342 g/mol. The minimum Gasteiger partial charge on any atom is -0.477 e. The highest BCUT2D eigenvalue weighted by Crippen LogP contribution is 2.39. The fraction of sp³-hybridized carbons (Fsp3) is 0.111. The van der Waals surface area contributed by atoms with Crippen molar-refractivity contribution in [3.63, 3.8) is 0 Å². The van der Waals surface area contributed by atoms with Gasteiger partial charge >= 0.3 is 0 Å². The molecule has 0 bridgehead atoms. The molecule has 0 aliphatic heterocycles. The minimum absolute atomic E-state index is 0.0598. The number of alkyl halides is 1. The van der Waals surface area contributed by atoms with E-state index in [0.29, 0.717) is 23.6 Å². The van der Waals surface area contributed by atoms with Gasteiger partial charge in [-0.05, 0) is 5.39 Å². The van der Waals surface area contributed by atoms with Gasteiger partial charge in [0.1, 0.15) is 0 Å². The lowest BCUT2D eigenvalue weighted by Crippen LogP contribution is -2.11. The molecule has 0 fully saturated rings. The lowest BCUT2D eigenvalue weighted by molar-refractivity contribution is 0.104. The van der Waals surface area contributed by atoms with E-state index >= 15 is 0 Å². The molecule has 0 unspecified atom stereocenters. The van der Waals surface area contributed by atoms with E-state index in [2.05, 4.69) is 20.9 Å². The molecule has 3 aromatic rings. The Balaban J connectivity index is 2.06. The Labute approximate surface area is 136 Å². The van der Waals surface area contributed by atoms with Crippen LogP contribution in [0.1, 0.15) is 15.9 Å². The zero-order valence-electron chi connectivity index (χ0n) is 11.7. The summed E-state index contributed by atoms with van der Waals surface area (Å²) in [6.45, 7) is 0.554. The number of carbonyl (C=O) groups is 1. The lowest BCUT2D eigenvalue weighted by atomic mass is 9.86. The quantitative estimate of drug-likeness (QED) is 0.517.